The Kier molecular flexibility index (Phi) is 21.1. The van der Waals surface area contributed by atoms with Gasteiger partial charge in [0.15, 0.2) is 0 Å². The number of carboxylic acid groups (broad SMARTS) is 2. The lowest BCUT2D eigenvalue weighted by Crippen LogP contribution is -2.27. The Bertz CT molecular complexity index is 2930. The number of aromatic hydroxyl groups is 6. The predicted octanol–water partition coefficient (Wildman–Crippen LogP) is 20.1. The van der Waals surface area contributed by atoms with Gasteiger partial charge in [0, 0.05) is 10.8 Å². The van der Waals surface area contributed by atoms with Crippen molar-refractivity contribution in [2.75, 3.05) is 0 Å². The molecule has 0 spiro atoms. The van der Waals surface area contributed by atoms with Crippen molar-refractivity contribution in [3.05, 3.63) is 175 Å². The smallest absolute Gasteiger partial charge is 0.503 e. The third-order valence-corrected chi connectivity index (χ3v) is 17.2. The largest absolute Gasteiger partial charge is 0.508 e. The number of carbonyl (C=O) groups is 1. The van der Waals surface area contributed by atoms with Gasteiger partial charge in [0.05, 0.1) is 0 Å². The number of phenolic OH excluding ortho intramolecular Hbond substituents is 6. The summed E-state index contributed by atoms with van der Waals surface area (Å²) in [4.78, 5) is 8.56. The van der Waals surface area contributed by atoms with Crippen molar-refractivity contribution in [3.63, 3.8) is 0 Å². The fraction of sp³-hybridized carbons (Fsp3) is 0.519. The van der Waals surface area contributed by atoms with Gasteiger partial charge >= 0.3 is 6.16 Å². The van der Waals surface area contributed by atoms with Crippen molar-refractivity contribution in [2.45, 2.75) is 260 Å². The van der Waals surface area contributed by atoms with Crippen LogP contribution in [-0.4, -0.2) is 47.0 Å². The molecule has 0 aliphatic rings. The van der Waals surface area contributed by atoms with E-state index >= 15 is 0 Å². The van der Waals surface area contributed by atoms with Gasteiger partial charge in [-0.15, -0.1) is 0 Å². The normalized spacial score (nSPS) is 13.1. The van der Waals surface area contributed by atoms with E-state index in [2.05, 4.69) is 229 Å². The summed E-state index contributed by atoms with van der Waals surface area (Å²) in [6.07, 6.45) is 1.40. The summed E-state index contributed by atoms with van der Waals surface area (Å²) >= 11 is 0. The number of rotatable bonds is 10. The zero-order valence-electron chi connectivity index (χ0n) is 57.6. The third kappa shape index (κ3) is 17.3. The van der Waals surface area contributed by atoms with Crippen LogP contribution in [0.25, 0.3) is 0 Å². The number of phenols is 6. The minimum absolute atomic E-state index is 0.194. The first-order valence-electron chi connectivity index (χ1n) is 30.7. The first-order valence-corrected chi connectivity index (χ1v) is 30.7. The van der Waals surface area contributed by atoms with Crippen LogP contribution >= 0.6 is 0 Å². The van der Waals surface area contributed by atoms with Crippen LogP contribution in [0, 0.1) is 0 Å². The standard InChI is InChI=1S/2C38H54O3.CH2O3/c2*1-34(2,3)27-22-25(14-16-31(27)39)38(13,26-15-17-32(40)28(23-26)35(4,5)6)19-18-24-20-29(36(7,8)9)33(41)30(21-24)37(10,11)12;2-1(3)4/h2*14-17,20-23,39-41H,18-19H2,1-13H3;(H2,2,3,4). The Hall–Kier alpha value is -6.61. The van der Waals surface area contributed by atoms with E-state index in [1.807, 2.05) is 48.5 Å². The van der Waals surface area contributed by atoms with Crippen LogP contribution in [0.5, 0.6) is 34.5 Å². The molecule has 6 aromatic carbocycles. The van der Waals surface area contributed by atoms with E-state index in [1.54, 1.807) is 0 Å². The van der Waals surface area contributed by atoms with Crippen molar-refractivity contribution in [1.29, 1.82) is 0 Å². The summed E-state index contributed by atoms with van der Waals surface area (Å²) in [5, 5.41) is 79.7. The second-order valence-electron chi connectivity index (χ2n) is 33.0. The highest BCUT2D eigenvalue weighted by Crippen LogP contribution is 2.48. The van der Waals surface area contributed by atoms with E-state index in [4.69, 9.17) is 15.0 Å². The van der Waals surface area contributed by atoms with Crippen LogP contribution < -0.4 is 0 Å². The van der Waals surface area contributed by atoms with Crippen LogP contribution in [0.1, 0.15) is 271 Å². The van der Waals surface area contributed by atoms with Gasteiger partial charge in [0.25, 0.3) is 0 Å². The molecule has 9 nitrogen and oxygen atoms in total. The highest BCUT2D eigenvalue weighted by Gasteiger charge is 2.37. The molecule has 0 aliphatic carbocycles. The summed E-state index contributed by atoms with van der Waals surface area (Å²) in [6.45, 7) is 55.9. The predicted molar refractivity (Wildman–Crippen MR) is 358 cm³/mol. The monoisotopic (exact) mass is 1180 g/mol. The van der Waals surface area contributed by atoms with Crippen molar-refractivity contribution < 1.29 is 45.6 Å². The molecule has 0 radical (unpaired) electrons. The highest BCUT2D eigenvalue weighted by molar-refractivity contribution is 5.56. The van der Waals surface area contributed by atoms with Gasteiger partial charge in [-0.3, -0.25) is 0 Å². The maximum atomic E-state index is 11.3. The number of hydrogen-bond donors (Lipinski definition) is 8. The third-order valence-electron chi connectivity index (χ3n) is 17.2. The molecule has 0 unspecified atom stereocenters. The van der Waals surface area contributed by atoms with E-state index in [0.29, 0.717) is 34.5 Å². The molecular weight excluding hydrogens is 1070 g/mol. The van der Waals surface area contributed by atoms with Crippen LogP contribution in [0.3, 0.4) is 0 Å². The molecule has 6 rings (SSSR count). The minimum atomic E-state index is -1.83. The summed E-state index contributed by atoms with van der Waals surface area (Å²) in [5.41, 5.74) is 12.1. The molecule has 6 aromatic rings. The van der Waals surface area contributed by atoms with Crippen LogP contribution in [0.4, 0.5) is 4.79 Å². The van der Waals surface area contributed by atoms with Gasteiger partial charge in [-0.2, -0.15) is 0 Å². The molecule has 472 valence electrons. The summed E-state index contributed by atoms with van der Waals surface area (Å²) in [6, 6.07) is 32.9. The van der Waals surface area contributed by atoms with Crippen LogP contribution in [0.15, 0.2) is 97.1 Å². The lowest BCUT2D eigenvalue weighted by Gasteiger charge is -2.35. The molecule has 9 heteroatoms. The molecule has 0 atom stereocenters. The molecule has 0 saturated heterocycles. The first kappa shape index (κ1) is 71.9. The molecule has 86 heavy (non-hydrogen) atoms. The summed E-state index contributed by atoms with van der Waals surface area (Å²) < 4.78 is 0. The average molecular weight is 1180 g/mol. The van der Waals surface area contributed by atoms with Gasteiger partial charge < -0.3 is 40.9 Å². The Balaban J connectivity index is 0.000000347. The molecule has 0 aliphatic heterocycles. The van der Waals surface area contributed by atoms with E-state index in [9.17, 15) is 30.6 Å². The van der Waals surface area contributed by atoms with Crippen LogP contribution in [0.2, 0.25) is 0 Å². The van der Waals surface area contributed by atoms with Gasteiger partial charge in [0.2, 0.25) is 0 Å². The molecule has 0 amide bonds. The van der Waals surface area contributed by atoms with Crippen LogP contribution in [-0.2, 0) is 67.0 Å². The van der Waals surface area contributed by atoms with E-state index < -0.39 is 17.0 Å². The Morgan fingerprint density at radius 2 is 0.442 bits per heavy atom. The SMILES string of the molecule is CC(C)(C)c1cc(C(C)(CCc2cc(C(C)(C)C)c(O)c(C(C)(C)C)c2)c2ccc(O)c(C(C)(C)C)c2)ccc1O.CC(C)(C)c1cc(C(C)(CCc2cc(C(C)(C)C)c(O)c(C(C)(C)C)c2)c2ccc(O)c(C(C)(C)C)c2)ccc1O.O=C(O)O. The van der Waals surface area contributed by atoms with Crippen molar-refractivity contribution in [2.24, 2.45) is 0 Å². The number of aryl methyl sites for hydroxylation is 2. The zero-order chi connectivity index (χ0) is 66.3. The molecule has 0 fully saturated rings. The Morgan fingerprint density at radius 1 is 0.279 bits per heavy atom. The Morgan fingerprint density at radius 3 is 0.593 bits per heavy atom. The maximum Gasteiger partial charge on any atom is 0.503 e. The highest BCUT2D eigenvalue weighted by atomic mass is 16.6. The molecular formula is C77H110O9. The quantitative estimate of drug-likeness (QED) is 0.0663. The lowest BCUT2D eigenvalue weighted by atomic mass is 9.69. The van der Waals surface area contributed by atoms with Crippen molar-refractivity contribution in [1.82, 2.24) is 0 Å². The average Bonchev–Trinajstić information content (AvgIpc) is 0.839. The second kappa shape index (κ2) is 25.2. The van der Waals surface area contributed by atoms with Crippen molar-refractivity contribution >= 4 is 6.16 Å². The van der Waals surface area contributed by atoms with Gasteiger partial charge in [0.1, 0.15) is 34.5 Å². The topological polar surface area (TPSA) is 179 Å². The molecule has 0 heterocycles. The Labute approximate surface area is 518 Å². The summed E-state index contributed by atoms with van der Waals surface area (Å²) in [5.74, 6) is 2.05. The molecule has 0 bridgehead atoms. The summed E-state index contributed by atoms with van der Waals surface area (Å²) in [7, 11) is 0. The van der Waals surface area contributed by atoms with Gasteiger partial charge in [-0.05, 0) is 171 Å². The maximum absolute atomic E-state index is 11.3. The first-order chi connectivity index (χ1) is 38.6. The van der Waals surface area contributed by atoms with E-state index in [-0.39, 0.29) is 43.3 Å². The zero-order valence-corrected chi connectivity index (χ0v) is 57.6. The fourth-order valence-corrected chi connectivity index (χ4v) is 11.6. The second-order valence-corrected chi connectivity index (χ2v) is 33.0. The van der Waals surface area contributed by atoms with Crippen molar-refractivity contribution in [3.8, 4) is 34.5 Å². The molecule has 0 aromatic heterocycles. The minimum Gasteiger partial charge on any atom is -0.508 e. The molecule has 8 N–H and O–H groups in total. The lowest BCUT2D eigenvalue weighted by molar-refractivity contribution is 0.137. The van der Waals surface area contributed by atoms with E-state index in [1.165, 1.54) is 11.1 Å². The van der Waals surface area contributed by atoms with Gasteiger partial charge in [-0.25, -0.2) is 4.79 Å². The fourth-order valence-electron chi connectivity index (χ4n) is 11.6. The molecule has 0 saturated carbocycles. The van der Waals surface area contributed by atoms with Gasteiger partial charge in [-0.1, -0.05) is 253 Å². The van der Waals surface area contributed by atoms with E-state index in [0.717, 1.165) is 92.4 Å². The number of hydrogen-bond acceptors (Lipinski definition) is 7. The number of benzene rings is 6.